The average molecular weight is 404 g/mol. The molecular formula is C27H37N3. The van der Waals surface area contributed by atoms with Gasteiger partial charge < -0.3 is 0 Å². The number of nitriles is 1. The van der Waals surface area contributed by atoms with Crippen LogP contribution in [0.1, 0.15) is 107 Å². The van der Waals surface area contributed by atoms with Crippen LogP contribution >= 0.6 is 0 Å². The van der Waals surface area contributed by atoms with Crippen molar-refractivity contribution in [3.8, 4) is 17.2 Å². The number of benzene rings is 1. The van der Waals surface area contributed by atoms with Crippen LogP contribution in [-0.4, -0.2) is 9.97 Å². The first-order valence-electron chi connectivity index (χ1n) is 12.1. The third-order valence-electron chi connectivity index (χ3n) is 6.68. The van der Waals surface area contributed by atoms with Crippen LogP contribution in [0.25, 0.3) is 11.1 Å². The smallest absolute Gasteiger partial charge is 0.131 e. The van der Waals surface area contributed by atoms with Gasteiger partial charge in [-0.3, -0.25) is 0 Å². The summed E-state index contributed by atoms with van der Waals surface area (Å²) in [5.41, 5.74) is 3.87. The Balaban J connectivity index is 1.61. The quantitative estimate of drug-likeness (QED) is 0.384. The lowest BCUT2D eigenvalue weighted by Crippen LogP contribution is -2.15. The van der Waals surface area contributed by atoms with Gasteiger partial charge in [0.1, 0.15) is 5.82 Å². The molecule has 0 radical (unpaired) electrons. The number of aromatic nitrogens is 2. The van der Waals surface area contributed by atoms with Gasteiger partial charge in [0.25, 0.3) is 0 Å². The molecule has 1 heterocycles. The van der Waals surface area contributed by atoms with Crippen LogP contribution in [0.2, 0.25) is 0 Å². The average Bonchev–Trinajstić information content (AvgIpc) is 2.80. The van der Waals surface area contributed by atoms with Gasteiger partial charge in [-0.25, -0.2) is 9.97 Å². The number of hydrogen-bond donors (Lipinski definition) is 0. The Kier molecular flexibility index (Phi) is 8.87. The molecule has 1 aromatic heterocycles. The zero-order valence-corrected chi connectivity index (χ0v) is 18.9. The molecule has 1 aliphatic rings. The van der Waals surface area contributed by atoms with Gasteiger partial charge in [-0.05, 0) is 56.1 Å². The van der Waals surface area contributed by atoms with Crippen molar-refractivity contribution in [1.29, 1.82) is 5.26 Å². The Morgan fingerprint density at radius 3 is 2.30 bits per heavy atom. The Morgan fingerprint density at radius 1 is 0.933 bits per heavy atom. The summed E-state index contributed by atoms with van der Waals surface area (Å²) in [7, 11) is 0. The fraction of sp³-hybridized carbons (Fsp3) is 0.593. The van der Waals surface area contributed by atoms with E-state index in [1.165, 1.54) is 76.2 Å². The van der Waals surface area contributed by atoms with E-state index in [9.17, 15) is 5.26 Å². The highest BCUT2D eigenvalue weighted by molar-refractivity contribution is 5.69. The fourth-order valence-electron chi connectivity index (χ4n) is 4.75. The highest BCUT2D eigenvalue weighted by Gasteiger charge is 2.24. The van der Waals surface area contributed by atoms with Crippen molar-refractivity contribution in [2.24, 2.45) is 5.92 Å². The van der Waals surface area contributed by atoms with Crippen LogP contribution in [-0.2, 0) is 6.42 Å². The molecule has 0 aliphatic heterocycles. The molecule has 160 valence electrons. The largest absolute Gasteiger partial charge is 0.240 e. The van der Waals surface area contributed by atoms with Crippen LogP contribution in [0.15, 0.2) is 30.6 Å². The van der Waals surface area contributed by atoms with Crippen molar-refractivity contribution in [3.63, 3.8) is 0 Å². The second-order valence-electron chi connectivity index (χ2n) is 8.99. The van der Waals surface area contributed by atoms with Gasteiger partial charge in [0.05, 0.1) is 11.6 Å². The minimum absolute atomic E-state index is 0.498. The minimum atomic E-state index is 0.498. The number of rotatable bonds is 10. The molecule has 0 spiro atoms. The van der Waals surface area contributed by atoms with Crippen LogP contribution in [0.4, 0.5) is 0 Å². The van der Waals surface area contributed by atoms with Crippen molar-refractivity contribution in [2.45, 2.75) is 96.8 Å². The molecule has 1 aliphatic carbocycles. The van der Waals surface area contributed by atoms with E-state index in [1.807, 2.05) is 18.5 Å². The van der Waals surface area contributed by atoms with Gasteiger partial charge >= 0.3 is 0 Å². The predicted octanol–water partition coefficient (Wildman–Crippen LogP) is 7.60. The molecule has 1 aromatic carbocycles. The van der Waals surface area contributed by atoms with Gasteiger partial charge in [0.2, 0.25) is 0 Å². The Morgan fingerprint density at radius 2 is 1.63 bits per heavy atom. The molecule has 3 heteroatoms. The minimum Gasteiger partial charge on any atom is -0.240 e. The zero-order chi connectivity index (χ0) is 21.2. The summed E-state index contributed by atoms with van der Waals surface area (Å²) in [6.07, 6.45) is 19.0. The fourth-order valence-corrected chi connectivity index (χ4v) is 4.75. The van der Waals surface area contributed by atoms with Crippen LogP contribution in [0.5, 0.6) is 0 Å². The van der Waals surface area contributed by atoms with Gasteiger partial charge in [-0.1, -0.05) is 64.5 Å². The van der Waals surface area contributed by atoms with E-state index in [0.717, 1.165) is 34.9 Å². The van der Waals surface area contributed by atoms with Gasteiger partial charge in [0.15, 0.2) is 0 Å². The first-order valence-corrected chi connectivity index (χ1v) is 12.1. The summed E-state index contributed by atoms with van der Waals surface area (Å²) in [5, 5.41) is 9.65. The molecule has 2 aromatic rings. The van der Waals surface area contributed by atoms with Gasteiger partial charge in [0, 0.05) is 29.4 Å². The standard InChI is InChI=1S/C27H37N3/c1-3-5-7-9-21-11-14-23(15-12-21)27-29-19-25(20-30-27)26-16-13-22(10-8-6-4-2)17-24(26)18-28/h13,16-17,19-21,23H,3-12,14-15H2,1-2H3. The SMILES string of the molecule is CCCCCc1ccc(-c2cnc(C3CCC(CCCCC)CC3)nc2)c(C#N)c1. The van der Waals surface area contributed by atoms with Gasteiger partial charge in [-0.2, -0.15) is 5.26 Å². The molecular weight excluding hydrogens is 366 g/mol. The Bertz CT molecular complexity index is 811. The van der Waals surface area contributed by atoms with Crippen molar-refractivity contribution < 1.29 is 0 Å². The van der Waals surface area contributed by atoms with Crippen molar-refractivity contribution in [2.75, 3.05) is 0 Å². The highest BCUT2D eigenvalue weighted by atomic mass is 14.9. The van der Waals surface area contributed by atoms with E-state index < -0.39 is 0 Å². The normalized spacial score (nSPS) is 18.8. The number of nitrogens with zero attached hydrogens (tertiary/aromatic N) is 3. The molecule has 0 amide bonds. The lowest BCUT2D eigenvalue weighted by atomic mass is 9.79. The molecule has 0 saturated heterocycles. The number of unbranched alkanes of at least 4 members (excludes halogenated alkanes) is 4. The third-order valence-corrected chi connectivity index (χ3v) is 6.68. The number of aryl methyl sites for hydroxylation is 1. The maximum Gasteiger partial charge on any atom is 0.131 e. The number of hydrogen-bond acceptors (Lipinski definition) is 3. The summed E-state index contributed by atoms with van der Waals surface area (Å²) >= 11 is 0. The Labute approximate surface area is 183 Å². The monoisotopic (exact) mass is 403 g/mol. The first kappa shape index (κ1) is 22.5. The lowest BCUT2D eigenvalue weighted by Gasteiger charge is -2.27. The molecule has 0 atom stereocenters. The Hall–Kier alpha value is -2.21. The summed E-state index contributed by atoms with van der Waals surface area (Å²) in [4.78, 5) is 9.43. The molecule has 30 heavy (non-hydrogen) atoms. The summed E-state index contributed by atoms with van der Waals surface area (Å²) in [5.74, 6) is 2.39. The van der Waals surface area contributed by atoms with Crippen molar-refractivity contribution in [3.05, 3.63) is 47.5 Å². The van der Waals surface area contributed by atoms with Crippen molar-refractivity contribution in [1.82, 2.24) is 9.97 Å². The maximum atomic E-state index is 9.65. The summed E-state index contributed by atoms with van der Waals surface area (Å²) in [6, 6.07) is 8.63. The maximum absolute atomic E-state index is 9.65. The highest BCUT2D eigenvalue weighted by Crippen LogP contribution is 2.36. The molecule has 3 rings (SSSR count). The molecule has 1 saturated carbocycles. The van der Waals surface area contributed by atoms with E-state index >= 15 is 0 Å². The van der Waals surface area contributed by atoms with E-state index in [0.29, 0.717) is 5.92 Å². The van der Waals surface area contributed by atoms with E-state index in [1.54, 1.807) is 0 Å². The van der Waals surface area contributed by atoms with Crippen LogP contribution in [0.3, 0.4) is 0 Å². The molecule has 0 N–H and O–H groups in total. The summed E-state index contributed by atoms with van der Waals surface area (Å²) < 4.78 is 0. The van der Waals surface area contributed by atoms with E-state index in [-0.39, 0.29) is 0 Å². The molecule has 0 bridgehead atoms. The third kappa shape index (κ3) is 6.14. The van der Waals surface area contributed by atoms with Gasteiger partial charge in [-0.15, -0.1) is 0 Å². The molecule has 1 fully saturated rings. The second kappa shape index (κ2) is 11.8. The van der Waals surface area contributed by atoms with E-state index in [2.05, 4.69) is 32.0 Å². The molecule has 3 nitrogen and oxygen atoms in total. The van der Waals surface area contributed by atoms with Crippen molar-refractivity contribution >= 4 is 0 Å². The van der Waals surface area contributed by atoms with E-state index in [4.69, 9.17) is 9.97 Å². The topological polar surface area (TPSA) is 49.6 Å². The summed E-state index contributed by atoms with van der Waals surface area (Å²) in [6.45, 7) is 4.49. The predicted molar refractivity (Wildman–Crippen MR) is 124 cm³/mol. The van der Waals surface area contributed by atoms with Crippen LogP contribution < -0.4 is 0 Å². The zero-order valence-electron chi connectivity index (χ0n) is 18.9. The van der Waals surface area contributed by atoms with Crippen LogP contribution in [0, 0.1) is 17.2 Å². The molecule has 0 unspecified atom stereocenters. The second-order valence-corrected chi connectivity index (χ2v) is 8.99. The lowest BCUT2D eigenvalue weighted by molar-refractivity contribution is 0.297. The first-order chi connectivity index (χ1) is 14.7.